The molecule has 0 bridgehead atoms. The molecule has 0 aromatic heterocycles. The fourth-order valence-corrected chi connectivity index (χ4v) is 0.806. The van der Waals surface area contributed by atoms with Crippen molar-refractivity contribution in [3.8, 4) is 0 Å². The lowest BCUT2D eigenvalue weighted by atomic mass is 10.3. The van der Waals surface area contributed by atoms with Crippen LogP contribution in [0.1, 0.15) is 6.92 Å². The fraction of sp³-hybridized carbons (Fsp3) is 0.667. The third kappa shape index (κ3) is 6.96. The lowest BCUT2D eigenvalue weighted by Gasteiger charge is -2.11. The molecule has 0 aromatic carbocycles. The zero-order valence-electron chi connectivity index (χ0n) is 8.98. The third-order valence-corrected chi connectivity index (χ3v) is 1.59. The van der Waals surface area contributed by atoms with E-state index in [1.807, 2.05) is 19.0 Å². The van der Waals surface area contributed by atoms with Crippen LogP contribution in [0.4, 0.5) is 13.2 Å². The Hall–Kier alpha value is -1.04. The molecule has 0 saturated heterocycles. The van der Waals surface area contributed by atoms with E-state index < -0.39 is 12.0 Å². The number of carbonyl (C=O) groups excluding carboxylic acids is 1. The molecule has 0 aliphatic rings. The summed E-state index contributed by atoms with van der Waals surface area (Å²) in [5, 5.41) is 2.72. The number of rotatable bonds is 5. The van der Waals surface area contributed by atoms with Crippen molar-refractivity contribution in [2.75, 3.05) is 27.2 Å². The van der Waals surface area contributed by atoms with Gasteiger partial charge in [0.1, 0.15) is 0 Å². The largest absolute Gasteiger partial charge is 0.454 e. The summed E-state index contributed by atoms with van der Waals surface area (Å²) in [7, 11) is 3.70. The predicted octanol–water partition coefficient (Wildman–Crippen LogP) is 1.17. The first-order valence-electron chi connectivity index (χ1n) is 4.41. The Labute approximate surface area is 86.9 Å². The number of likely N-dealkylation sites (N-methyl/N-ethyl adjacent to an activating group) is 1. The second-order valence-electron chi connectivity index (χ2n) is 3.42. The van der Waals surface area contributed by atoms with E-state index in [4.69, 9.17) is 0 Å². The number of halogens is 3. The van der Waals surface area contributed by atoms with Gasteiger partial charge in [0.05, 0.1) is 0 Å². The average molecular weight is 224 g/mol. The molecule has 0 amide bonds. The quantitative estimate of drug-likeness (QED) is 0.711. The van der Waals surface area contributed by atoms with Crippen molar-refractivity contribution in [2.45, 2.75) is 13.1 Å². The van der Waals surface area contributed by atoms with Gasteiger partial charge in [-0.3, -0.25) is 4.79 Å². The van der Waals surface area contributed by atoms with E-state index in [9.17, 15) is 18.0 Å². The number of nitrogens with one attached hydrogen (secondary N) is 1. The van der Waals surface area contributed by atoms with E-state index in [0.29, 0.717) is 19.2 Å². The molecule has 0 aliphatic carbocycles. The molecular formula is C9H15F3N2O. The Balaban J connectivity index is 4.04. The van der Waals surface area contributed by atoms with Gasteiger partial charge in [-0.2, -0.15) is 13.2 Å². The lowest BCUT2D eigenvalue weighted by Crippen LogP contribution is -2.27. The van der Waals surface area contributed by atoms with Gasteiger partial charge in [-0.15, -0.1) is 0 Å². The Morgan fingerprint density at radius 1 is 1.40 bits per heavy atom. The van der Waals surface area contributed by atoms with Crippen molar-refractivity contribution < 1.29 is 18.0 Å². The number of alkyl halides is 3. The third-order valence-electron chi connectivity index (χ3n) is 1.59. The van der Waals surface area contributed by atoms with Crippen molar-refractivity contribution >= 4 is 5.78 Å². The minimum atomic E-state index is -4.79. The molecule has 0 unspecified atom stereocenters. The Morgan fingerprint density at radius 2 is 1.93 bits per heavy atom. The standard InChI is InChI=1S/C9H15F3N2O/c1-7(13-4-5-14(2)3)6-8(15)9(10,11)12/h6,13H,4-5H2,1-3H3/b7-6+. The second-order valence-corrected chi connectivity index (χ2v) is 3.42. The SMILES string of the molecule is C/C(=C\C(=O)C(F)(F)F)NCCN(C)C. The van der Waals surface area contributed by atoms with Crippen LogP contribution in [0.5, 0.6) is 0 Å². The van der Waals surface area contributed by atoms with E-state index in [-0.39, 0.29) is 5.70 Å². The number of hydrogen-bond acceptors (Lipinski definition) is 3. The predicted molar refractivity (Wildman–Crippen MR) is 51.4 cm³/mol. The summed E-state index contributed by atoms with van der Waals surface area (Å²) < 4.78 is 35.5. The molecule has 0 heterocycles. The molecule has 88 valence electrons. The van der Waals surface area contributed by atoms with Gasteiger partial charge in [0, 0.05) is 24.9 Å². The first-order chi connectivity index (χ1) is 6.73. The van der Waals surface area contributed by atoms with Gasteiger partial charge in [0.15, 0.2) is 0 Å². The van der Waals surface area contributed by atoms with Crippen molar-refractivity contribution in [2.24, 2.45) is 0 Å². The molecule has 0 aliphatic heterocycles. The average Bonchev–Trinajstić information content (AvgIpc) is 2.01. The molecule has 0 spiro atoms. The van der Waals surface area contributed by atoms with E-state index in [1.165, 1.54) is 6.92 Å². The van der Waals surface area contributed by atoms with Gasteiger partial charge in [-0.05, 0) is 21.0 Å². The van der Waals surface area contributed by atoms with Crippen LogP contribution in [0.3, 0.4) is 0 Å². The number of ketones is 1. The van der Waals surface area contributed by atoms with Crippen LogP contribution in [0.15, 0.2) is 11.8 Å². The highest BCUT2D eigenvalue weighted by molar-refractivity contribution is 5.94. The summed E-state index contributed by atoms with van der Waals surface area (Å²) in [5.41, 5.74) is 0.221. The van der Waals surface area contributed by atoms with Crippen LogP contribution in [-0.4, -0.2) is 44.0 Å². The van der Waals surface area contributed by atoms with E-state index in [1.54, 1.807) is 0 Å². The van der Waals surface area contributed by atoms with Crippen LogP contribution in [-0.2, 0) is 4.79 Å². The molecule has 6 heteroatoms. The van der Waals surface area contributed by atoms with Gasteiger partial charge < -0.3 is 10.2 Å². The molecule has 0 rings (SSSR count). The van der Waals surface area contributed by atoms with Gasteiger partial charge in [-0.1, -0.05) is 0 Å². The summed E-state index contributed by atoms with van der Waals surface area (Å²) >= 11 is 0. The molecule has 15 heavy (non-hydrogen) atoms. The molecule has 3 nitrogen and oxygen atoms in total. The molecular weight excluding hydrogens is 209 g/mol. The van der Waals surface area contributed by atoms with Crippen molar-refractivity contribution in [3.05, 3.63) is 11.8 Å². The lowest BCUT2D eigenvalue weighted by molar-refractivity contribution is -0.165. The number of hydrogen-bond donors (Lipinski definition) is 1. The first-order valence-corrected chi connectivity index (χ1v) is 4.41. The zero-order valence-corrected chi connectivity index (χ0v) is 8.98. The Bertz CT molecular complexity index is 246. The first kappa shape index (κ1) is 14.0. The summed E-state index contributed by atoms with van der Waals surface area (Å²) in [6.45, 7) is 2.62. The minimum Gasteiger partial charge on any atom is -0.387 e. The van der Waals surface area contributed by atoms with Gasteiger partial charge >= 0.3 is 6.18 Å². The molecule has 0 atom stereocenters. The highest BCUT2D eigenvalue weighted by Gasteiger charge is 2.36. The van der Waals surface area contributed by atoms with Gasteiger partial charge in [0.2, 0.25) is 0 Å². The van der Waals surface area contributed by atoms with Crippen LogP contribution in [0.2, 0.25) is 0 Å². The number of carbonyl (C=O) groups is 1. The topological polar surface area (TPSA) is 32.3 Å². The van der Waals surface area contributed by atoms with E-state index >= 15 is 0 Å². The fourth-order valence-electron chi connectivity index (χ4n) is 0.806. The van der Waals surface area contributed by atoms with Crippen LogP contribution in [0.25, 0.3) is 0 Å². The minimum absolute atomic E-state index is 0.221. The van der Waals surface area contributed by atoms with E-state index in [2.05, 4.69) is 5.32 Å². The van der Waals surface area contributed by atoms with Crippen LogP contribution < -0.4 is 5.32 Å². The summed E-state index contributed by atoms with van der Waals surface area (Å²) in [5.74, 6) is -1.84. The molecule has 0 fully saturated rings. The smallest absolute Gasteiger partial charge is 0.387 e. The Morgan fingerprint density at radius 3 is 2.33 bits per heavy atom. The van der Waals surface area contributed by atoms with E-state index in [0.717, 1.165) is 0 Å². The van der Waals surface area contributed by atoms with Crippen LogP contribution >= 0.6 is 0 Å². The van der Waals surface area contributed by atoms with Crippen molar-refractivity contribution in [3.63, 3.8) is 0 Å². The zero-order chi connectivity index (χ0) is 12.1. The second kappa shape index (κ2) is 5.75. The number of nitrogens with zero attached hydrogens (tertiary/aromatic N) is 1. The summed E-state index contributed by atoms with van der Waals surface area (Å²) in [6.07, 6.45) is -4.22. The maximum absolute atomic E-state index is 11.8. The summed E-state index contributed by atoms with van der Waals surface area (Å²) in [6, 6.07) is 0. The maximum atomic E-state index is 11.8. The molecule has 0 radical (unpaired) electrons. The molecule has 0 aromatic rings. The van der Waals surface area contributed by atoms with Gasteiger partial charge in [-0.25, -0.2) is 0 Å². The summed E-state index contributed by atoms with van der Waals surface area (Å²) in [4.78, 5) is 12.4. The normalized spacial score (nSPS) is 13.1. The highest BCUT2D eigenvalue weighted by atomic mass is 19.4. The van der Waals surface area contributed by atoms with Gasteiger partial charge in [0.25, 0.3) is 5.78 Å². The molecule has 0 saturated carbocycles. The Kier molecular flexibility index (Phi) is 5.35. The monoisotopic (exact) mass is 224 g/mol. The van der Waals surface area contributed by atoms with Crippen LogP contribution in [0, 0.1) is 0 Å². The molecule has 1 N–H and O–H groups in total. The van der Waals surface area contributed by atoms with Crippen molar-refractivity contribution in [1.82, 2.24) is 10.2 Å². The van der Waals surface area contributed by atoms with Crippen molar-refractivity contribution in [1.29, 1.82) is 0 Å². The number of allylic oxidation sites excluding steroid dienone is 2. The highest BCUT2D eigenvalue weighted by Crippen LogP contribution is 2.16. The maximum Gasteiger partial charge on any atom is 0.454 e.